The fourth-order valence-corrected chi connectivity index (χ4v) is 5.48. The summed E-state index contributed by atoms with van der Waals surface area (Å²) in [6.45, 7) is 3.27. The van der Waals surface area contributed by atoms with Gasteiger partial charge in [-0.2, -0.15) is 4.31 Å². The summed E-state index contributed by atoms with van der Waals surface area (Å²) in [6.07, 6.45) is 5.11. The largest absolute Gasteiger partial charge is 0.322 e. The third-order valence-electron chi connectivity index (χ3n) is 5.85. The Labute approximate surface area is 166 Å². The van der Waals surface area contributed by atoms with E-state index in [0.29, 0.717) is 24.6 Å². The summed E-state index contributed by atoms with van der Waals surface area (Å²) in [4.78, 5) is 12.8. The Morgan fingerprint density at radius 3 is 2.39 bits per heavy atom. The van der Waals surface area contributed by atoms with E-state index in [1.54, 1.807) is 16.4 Å². The van der Waals surface area contributed by atoms with Crippen LogP contribution in [0.3, 0.4) is 0 Å². The molecule has 0 bridgehead atoms. The second kappa shape index (κ2) is 7.68. The van der Waals surface area contributed by atoms with Gasteiger partial charge in [-0.15, -0.1) is 0 Å². The van der Waals surface area contributed by atoms with Crippen molar-refractivity contribution in [3.63, 3.8) is 0 Å². The Balaban J connectivity index is 1.46. The molecule has 4 rings (SSSR count). The van der Waals surface area contributed by atoms with E-state index in [0.717, 1.165) is 31.4 Å². The molecule has 0 spiro atoms. The van der Waals surface area contributed by atoms with Crippen LogP contribution in [-0.2, 0) is 22.9 Å². The first-order valence-electron chi connectivity index (χ1n) is 9.97. The predicted molar refractivity (Wildman–Crippen MR) is 110 cm³/mol. The first-order chi connectivity index (χ1) is 13.4. The zero-order chi connectivity index (χ0) is 19.7. The van der Waals surface area contributed by atoms with Crippen LogP contribution in [0.1, 0.15) is 47.7 Å². The van der Waals surface area contributed by atoms with Gasteiger partial charge < -0.3 is 5.32 Å². The summed E-state index contributed by atoms with van der Waals surface area (Å²) in [5, 5.41) is 2.92. The van der Waals surface area contributed by atoms with E-state index in [-0.39, 0.29) is 10.8 Å². The highest BCUT2D eigenvalue weighted by Gasteiger charge is 2.28. The summed E-state index contributed by atoms with van der Waals surface area (Å²) < 4.78 is 27.1. The van der Waals surface area contributed by atoms with Crippen LogP contribution in [0, 0.1) is 5.92 Å². The van der Waals surface area contributed by atoms with Crippen molar-refractivity contribution in [1.82, 2.24) is 4.31 Å². The maximum Gasteiger partial charge on any atom is 0.255 e. The maximum atomic E-state index is 12.8. The lowest BCUT2D eigenvalue weighted by molar-refractivity contribution is 0.102. The Hall–Kier alpha value is -2.18. The van der Waals surface area contributed by atoms with E-state index < -0.39 is 10.0 Å². The predicted octanol–water partition coefficient (Wildman–Crippen LogP) is 3.85. The number of nitrogens with one attached hydrogen (secondary N) is 1. The molecule has 5 nitrogen and oxygen atoms in total. The number of carbonyl (C=O) groups is 1. The Morgan fingerprint density at radius 1 is 1.00 bits per heavy atom. The van der Waals surface area contributed by atoms with Gasteiger partial charge in [-0.05, 0) is 85.5 Å². The number of sulfonamides is 1. The number of nitrogens with zero attached hydrogens (tertiary/aromatic N) is 1. The van der Waals surface area contributed by atoms with Crippen LogP contribution in [0.2, 0.25) is 0 Å². The molecule has 0 aromatic heterocycles. The van der Waals surface area contributed by atoms with Gasteiger partial charge in [-0.25, -0.2) is 8.42 Å². The zero-order valence-electron chi connectivity index (χ0n) is 16.1. The van der Waals surface area contributed by atoms with Gasteiger partial charge in [0, 0.05) is 24.3 Å². The molecular formula is C22H26N2O3S. The molecule has 1 aliphatic carbocycles. The average molecular weight is 399 g/mol. The highest BCUT2D eigenvalue weighted by Crippen LogP contribution is 2.26. The minimum Gasteiger partial charge on any atom is -0.322 e. The van der Waals surface area contributed by atoms with E-state index >= 15 is 0 Å². The van der Waals surface area contributed by atoms with Gasteiger partial charge in [0.05, 0.1) is 4.90 Å². The van der Waals surface area contributed by atoms with Crippen molar-refractivity contribution < 1.29 is 13.2 Å². The van der Waals surface area contributed by atoms with Crippen LogP contribution in [0.5, 0.6) is 0 Å². The van der Waals surface area contributed by atoms with Crippen LogP contribution < -0.4 is 5.32 Å². The van der Waals surface area contributed by atoms with Gasteiger partial charge in [0.2, 0.25) is 10.0 Å². The Morgan fingerprint density at radius 2 is 1.68 bits per heavy atom. The standard InChI is InChI=1S/C22H26N2O3S/c1-16-11-13-24(14-12-16)28(26,27)21-9-6-18(7-10-21)22(25)23-20-8-5-17-3-2-4-19(17)15-20/h5-10,15-16H,2-4,11-14H2,1H3,(H,23,25). The molecule has 1 amide bonds. The number of aryl methyl sites for hydroxylation is 2. The first-order valence-corrected chi connectivity index (χ1v) is 11.4. The van der Waals surface area contributed by atoms with Crippen LogP contribution in [-0.4, -0.2) is 31.7 Å². The number of carbonyl (C=O) groups excluding carboxylic acids is 1. The lowest BCUT2D eigenvalue weighted by Gasteiger charge is -2.29. The smallest absolute Gasteiger partial charge is 0.255 e. The number of anilines is 1. The molecule has 1 fully saturated rings. The lowest BCUT2D eigenvalue weighted by Crippen LogP contribution is -2.37. The fraction of sp³-hybridized carbons (Fsp3) is 0.409. The fourth-order valence-electron chi connectivity index (χ4n) is 4.01. The monoisotopic (exact) mass is 398 g/mol. The molecule has 148 valence electrons. The van der Waals surface area contributed by atoms with E-state index in [9.17, 15) is 13.2 Å². The molecule has 1 saturated heterocycles. The zero-order valence-corrected chi connectivity index (χ0v) is 17.0. The van der Waals surface area contributed by atoms with Crippen molar-refractivity contribution in [2.24, 2.45) is 5.92 Å². The van der Waals surface area contributed by atoms with Gasteiger partial charge in [-0.3, -0.25) is 4.79 Å². The second-order valence-electron chi connectivity index (χ2n) is 7.90. The molecule has 0 radical (unpaired) electrons. The second-order valence-corrected chi connectivity index (χ2v) is 9.84. The Kier molecular flexibility index (Phi) is 5.25. The lowest BCUT2D eigenvalue weighted by atomic mass is 10.0. The van der Waals surface area contributed by atoms with Gasteiger partial charge >= 0.3 is 0 Å². The van der Waals surface area contributed by atoms with Crippen molar-refractivity contribution in [2.75, 3.05) is 18.4 Å². The van der Waals surface area contributed by atoms with Gasteiger partial charge in [-0.1, -0.05) is 13.0 Å². The molecule has 2 aromatic rings. The van der Waals surface area contributed by atoms with Gasteiger partial charge in [0.25, 0.3) is 5.91 Å². The summed E-state index contributed by atoms with van der Waals surface area (Å²) in [7, 11) is -3.49. The minimum absolute atomic E-state index is 0.228. The summed E-state index contributed by atoms with van der Waals surface area (Å²) >= 11 is 0. The van der Waals surface area contributed by atoms with E-state index in [1.165, 1.54) is 29.7 Å². The molecule has 0 saturated carbocycles. The van der Waals surface area contributed by atoms with Crippen LogP contribution in [0.25, 0.3) is 0 Å². The molecule has 1 N–H and O–H groups in total. The average Bonchev–Trinajstić information content (AvgIpc) is 3.16. The van der Waals surface area contributed by atoms with Crippen molar-refractivity contribution in [3.05, 3.63) is 59.2 Å². The summed E-state index contributed by atoms with van der Waals surface area (Å²) in [5.74, 6) is 0.338. The Bertz CT molecular complexity index is 975. The van der Waals surface area contributed by atoms with E-state index in [2.05, 4.69) is 18.3 Å². The molecule has 2 aromatic carbocycles. The molecule has 1 heterocycles. The molecule has 0 unspecified atom stereocenters. The molecule has 28 heavy (non-hydrogen) atoms. The van der Waals surface area contributed by atoms with Crippen LogP contribution in [0.15, 0.2) is 47.4 Å². The molecule has 2 aliphatic rings. The first kappa shape index (κ1) is 19.2. The third kappa shape index (κ3) is 3.84. The number of hydrogen-bond donors (Lipinski definition) is 1. The van der Waals surface area contributed by atoms with E-state index in [1.807, 2.05) is 12.1 Å². The quantitative estimate of drug-likeness (QED) is 0.851. The number of benzene rings is 2. The minimum atomic E-state index is -3.49. The normalized spacial score (nSPS) is 18.0. The molecule has 1 aliphatic heterocycles. The molecule has 0 atom stereocenters. The number of amides is 1. The highest BCUT2D eigenvalue weighted by atomic mass is 32.2. The van der Waals surface area contributed by atoms with E-state index in [4.69, 9.17) is 0 Å². The summed E-state index contributed by atoms with van der Waals surface area (Å²) in [5.41, 5.74) is 3.89. The molecular weight excluding hydrogens is 372 g/mol. The highest BCUT2D eigenvalue weighted by molar-refractivity contribution is 7.89. The number of fused-ring (bicyclic) bond motifs is 1. The molecule has 6 heteroatoms. The van der Waals surface area contributed by atoms with Crippen LogP contribution >= 0.6 is 0 Å². The number of hydrogen-bond acceptors (Lipinski definition) is 3. The maximum absolute atomic E-state index is 12.8. The van der Waals surface area contributed by atoms with Gasteiger partial charge in [0.1, 0.15) is 0 Å². The number of piperidine rings is 1. The van der Waals surface area contributed by atoms with Crippen molar-refractivity contribution in [3.8, 4) is 0 Å². The number of rotatable bonds is 4. The van der Waals surface area contributed by atoms with Crippen molar-refractivity contribution in [2.45, 2.75) is 43.9 Å². The van der Waals surface area contributed by atoms with Crippen LogP contribution in [0.4, 0.5) is 5.69 Å². The SMILES string of the molecule is CC1CCN(S(=O)(=O)c2ccc(C(=O)Nc3ccc4c(c3)CCC4)cc2)CC1. The van der Waals surface area contributed by atoms with Crippen molar-refractivity contribution >= 4 is 21.6 Å². The third-order valence-corrected chi connectivity index (χ3v) is 7.77. The van der Waals surface area contributed by atoms with Crippen molar-refractivity contribution in [1.29, 1.82) is 0 Å². The topological polar surface area (TPSA) is 66.5 Å². The van der Waals surface area contributed by atoms with Gasteiger partial charge in [0.15, 0.2) is 0 Å². The summed E-state index contributed by atoms with van der Waals surface area (Å²) in [6, 6.07) is 12.3.